The number of hydrogen-bond acceptors (Lipinski definition) is 6. The van der Waals surface area contributed by atoms with Crippen LogP contribution < -0.4 is 16.4 Å². The Labute approximate surface area is 193 Å². The summed E-state index contributed by atoms with van der Waals surface area (Å²) in [6.45, 7) is 0. The first kappa shape index (κ1) is 20.0. The molecule has 34 heavy (non-hydrogen) atoms. The maximum atomic E-state index is 12.6. The standard InChI is InChI=1S/C26H20N6O2/c33-24-19(2-1-12-27-24)15-5-8-18(9-6-15)29-26-28-13-11-21(31-26)17-7-10-22-20(14-17)25(34)32-23(30-22)16-3-4-16/h1-2,5-14,16H,3-4H2,(H,27,33)(H,28,29,31)(H,30,32,34). The number of benzene rings is 2. The van der Waals surface area contributed by atoms with E-state index < -0.39 is 0 Å². The Kier molecular flexibility index (Phi) is 4.76. The zero-order valence-electron chi connectivity index (χ0n) is 18.1. The van der Waals surface area contributed by atoms with Crippen molar-refractivity contribution in [1.82, 2.24) is 24.9 Å². The predicted octanol–water partition coefficient (Wildman–Crippen LogP) is 4.36. The van der Waals surface area contributed by atoms with E-state index in [1.165, 1.54) is 0 Å². The maximum Gasteiger partial charge on any atom is 0.258 e. The Morgan fingerprint density at radius 2 is 1.71 bits per heavy atom. The van der Waals surface area contributed by atoms with Crippen molar-refractivity contribution in [2.75, 3.05) is 5.32 Å². The van der Waals surface area contributed by atoms with Crippen LogP contribution in [0.15, 0.2) is 82.6 Å². The Morgan fingerprint density at radius 1 is 0.882 bits per heavy atom. The number of hydrogen-bond donors (Lipinski definition) is 3. The summed E-state index contributed by atoms with van der Waals surface area (Å²) in [6, 6.07) is 18.5. The Hall–Kier alpha value is -4.59. The van der Waals surface area contributed by atoms with E-state index in [2.05, 4.69) is 30.2 Å². The molecule has 2 aromatic carbocycles. The van der Waals surface area contributed by atoms with Crippen molar-refractivity contribution in [3.63, 3.8) is 0 Å². The molecule has 0 bridgehead atoms. The predicted molar refractivity (Wildman–Crippen MR) is 131 cm³/mol. The fraction of sp³-hybridized carbons (Fsp3) is 0.115. The molecule has 3 heterocycles. The second-order valence-corrected chi connectivity index (χ2v) is 8.34. The molecule has 0 amide bonds. The minimum atomic E-state index is -0.132. The van der Waals surface area contributed by atoms with Gasteiger partial charge in [0.1, 0.15) is 5.82 Å². The molecular formula is C26H20N6O2. The lowest BCUT2D eigenvalue weighted by Gasteiger charge is -2.08. The van der Waals surface area contributed by atoms with Crippen molar-refractivity contribution in [1.29, 1.82) is 0 Å². The number of aromatic amines is 2. The summed E-state index contributed by atoms with van der Waals surface area (Å²) in [4.78, 5) is 43.8. The average Bonchev–Trinajstić information content (AvgIpc) is 3.71. The summed E-state index contributed by atoms with van der Waals surface area (Å²) in [5, 5.41) is 3.74. The van der Waals surface area contributed by atoms with Crippen LogP contribution in [0.3, 0.4) is 0 Å². The molecule has 0 saturated heterocycles. The number of rotatable bonds is 5. The van der Waals surface area contributed by atoms with Crippen molar-refractivity contribution in [3.05, 3.63) is 99.6 Å². The van der Waals surface area contributed by atoms with E-state index in [9.17, 15) is 9.59 Å². The van der Waals surface area contributed by atoms with Gasteiger partial charge in [-0.25, -0.2) is 15.0 Å². The van der Waals surface area contributed by atoms with Crippen molar-refractivity contribution in [2.45, 2.75) is 18.8 Å². The number of fused-ring (bicyclic) bond motifs is 1. The van der Waals surface area contributed by atoms with E-state index in [1.807, 2.05) is 42.5 Å². The van der Waals surface area contributed by atoms with Gasteiger partial charge in [-0.1, -0.05) is 18.2 Å². The van der Waals surface area contributed by atoms with Gasteiger partial charge in [-0.2, -0.15) is 0 Å². The monoisotopic (exact) mass is 448 g/mol. The maximum absolute atomic E-state index is 12.6. The summed E-state index contributed by atoms with van der Waals surface area (Å²) in [7, 11) is 0. The quantitative estimate of drug-likeness (QED) is 0.368. The first-order chi connectivity index (χ1) is 16.6. The molecule has 6 rings (SSSR count). The number of nitrogens with zero attached hydrogens (tertiary/aromatic N) is 3. The van der Waals surface area contributed by atoms with E-state index >= 15 is 0 Å². The fourth-order valence-electron chi connectivity index (χ4n) is 3.96. The molecule has 0 radical (unpaired) electrons. The van der Waals surface area contributed by atoms with Gasteiger partial charge in [0.15, 0.2) is 0 Å². The molecule has 0 unspecified atom stereocenters. The van der Waals surface area contributed by atoms with Gasteiger partial charge in [0, 0.05) is 35.1 Å². The van der Waals surface area contributed by atoms with Gasteiger partial charge in [0.2, 0.25) is 5.95 Å². The van der Waals surface area contributed by atoms with Crippen LogP contribution in [0.5, 0.6) is 0 Å². The second kappa shape index (κ2) is 8.08. The molecule has 1 aliphatic carbocycles. The molecule has 8 heteroatoms. The number of pyridine rings is 1. The normalized spacial score (nSPS) is 13.2. The topological polar surface area (TPSA) is 116 Å². The van der Waals surface area contributed by atoms with E-state index in [-0.39, 0.29) is 11.1 Å². The molecule has 0 spiro atoms. The molecule has 3 N–H and O–H groups in total. The summed E-state index contributed by atoms with van der Waals surface area (Å²) >= 11 is 0. The molecule has 0 aliphatic heterocycles. The molecular weight excluding hydrogens is 428 g/mol. The minimum Gasteiger partial charge on any atom is -0.329 e. The Bertz CT molecular complexity index is 1630. The highest BCUT2D eigenvalue weighted by Crippen LogP contribution is 2.38. The molecule has 8 nitrogen and oxygen atoms in total. The van der Waals surface area contributed by atoms with Crippen molar-refractivity contribution >= 4 is 22.5 Å². The van der Waals surface area contributed by atoms with E-state index in [4.69, 9.17) is 0 Å². The van der Waals surface area contributed by atoms with Crippen molar-refractivity contribution in [3.8, 4) is 22.4 Å². The van der Waals surface area contributed by atoms with Crippen LogP contribution in [-0.2, 0) is 0 Å². The molecule has 0 atom stereocenters. The molecule has 3 aromatic heterocycles. The lowest BCUT2D eigenvalue weighted by atomic mass is 10.1. The number of H-pyrrole nitrogens is 2. The summed E-state index contributed by atoms with van der Waals surface area (Å²) < 4.78 is 0. The summed E-state index contributed by atoms with van der Waals surface area (Å²) in [6.07, 6.45) is 5.44. The highest BCUT2D eigenvalue weighted by atomic mass is 16.1. The Balaban J connectivity index is 1.27. The molecule has 5 aromatic rings. The zero-order valence-corrected chi connectivity index (χ0v) is 18.1. The zero-order chi connectivity index (χ0) is 23.1. The highest BCUT2D eigenvalue weighted by molar-refractivity contribution is 5.83. The second-order valence-electron chi connectivity index (χ2n) is 8.34. The van der Waals surface area contributed by atoms with Crippen LogP contribution in [-0.4, -0.2) is 24.9 Å². The van der Waals surface area contributed by atoms with Gasteiger partial charge >= 0.3 is 0 Å². The van der Waals surface area contributed by atoms with Crippen LogP contribution in [0.1, 0.15) is 24.6 Å². The van der Waals surface area contributed by atoms with Gasteiger partial charge < -0.3 is 15.3 Å². The Morgan fingerprint density at radius 3 is 2.50 bits per heavy atom. The molecule has 1 saturated carbocycles. The third-order valence-electron chi connectivity index (χ3n) is 5.91. The lowest BCUT2D eigenvalue weighted by Crippen LogP contribution is -2.11. The fourth-order valence-corrected chi connectivity index (χ4v) is 3.96. The highest BCUT2D eigenvalue weighted by Gasteiger charge is 2.26. The molecule has 166 valence electrons. The van der Waals surface area contributed by atoms with Crippen LogP contribution >= 0.6 is 0 Å². The van der Waals surface area contributed by atoms with Crippen LogP contribution in [0.2, 0.25) is 0 Å². The van der Waals surface area contributed by atoms with Crippen molar-refractivity contribution in [2.24, 2.45) is 0 Å². The largest absolute Gasteiger partial charge is 0.329 e. The van der Waals surface area contributed by atoms with Gasteiger partial charge in [-0.3, -0.25) is 9.59 Å². The SMILES string of the molecule is O=c1[nH]cccc1-c1ccc(Nc2nccc(-c3ccc4nc(C5CC5)[nH]c(=O)c4c3)n2)cc1. The number of anilines is 2. The summed E-state index contributed by atoms with van der Waals surface area (Å²) in [5.41, 5.74) is 4.16. The number of aromatic nitrogens is 5. The van der Waals surface area contributed by atoms with E-state index in [0.717, 1.165) is 35.5 Å². The molecule has 1 fully saturated rings. The smallest absolute Gasteiger partial charge is 0.258 e. The van der Waals surface area contributed by atoms with Gasteiger partial charge in [-0.05, 0) is 60.9 Å². The van der Waals surface area contributed by atoms with Crippen LogP contribution in [0, 0.1) is 0 Å². The number of nitrogens with one attached hydrogen (secondary N) is 3. The summed E-state index contributed by atoms with van der Waals surface area (Å²) in [5.74, 6) is 1.59. The van der Waals surface area contributed by atoms with Gasteiger partial charge in [0.05, 0.1) is 16.6 Å². The first-order valence-corrected chi connectivity index (χ1v) is 11.1. The lowest BCUT2D eigenvalue weighted by molar-refractivity contribution is 0.931. The third-order valence-corrected chi connectivity index (χ3v) is 5.91. The average molecular weight is 448 g/mol. The van der Waals surface area contributed by atoms with Gasteiger partial charge in [-0.15, -0.1) is 0 Å². The molecule has 1 aliphatic rings. The van der Waals surface area contributed by atoms with Crippen molar-refractivity contribution < 1.29 is 0 Å². The van der Waals surface area contributed by atoms with E-state index in [1.54, 1.807) is 30.6 Å². The third kappa shape index (κ3) is 3.86. The van der Waals surface area contributed by atoms with Gasteiger partial charge in [0.25, 0.3) is 11.1 Å². The first-order valence-electron chi connectivity index (χ1n) is 11.1. The van der Waals surface area contributed by atoms with Crippen LogP contribution in [0.25, 0.3) is 33.3 Å². The van der Waals surface area contributed by atoms with E-state index in [0.29, 0.717) is 34.0 Å². The van der Waals surface area contributed by atoms with Crippen LogP contribution in [0.4, 0.5) is 11.6 Å². The minimum absolute atomic E-state index is 0.126.